The molecule has 16 heavy (non-hydrogen) atoms. The van der Waals surface area contributed by atoms with Crippen LogP contribution < -0.4 is 9.47 Å². The van der Waals surface area contributed by atoms with E-state index < -0.39 is 0 Å². The number of alkyl halides is 1. The highest BCUT2D eigenvalue weighted by molar-refractivity contribution is 6.17. The standard InChI is InChI=1S/C13H19ClO2/c1-4-10(2)9-16-13-6-5-12(15-3)7-11(13)8-14/h5-7,10H,4,8-9H2,1-3H3. The smallest absolute Gasteiger partial charge is 0.123 e. The van der Waals surface area contributed by atoms with Crippen LogP contribution in [0, 0.1) is 5.92 Å². The zero-order valence-electron chi connectivity index (χ0n) is 10.1. The molecule has 0 spiro atoms. The van der Waals surface area contributed by atoms with E-state index in [-0.39, 0.29) is 0 Å². The Hall–Kier alpha value is -0.890. The van der Waals surface area contributed by atoms with Gasteiger partial charge in [0.1, 0.15) is 11.5 Å². The molecule has 0 fully saturated rings. The van der Waals surface area contributed by atoms with Gasteiger partial charge in [-0.25, -0.2) is 0 Å². The SMILES string of the molecule is CCC(C)COc1ccc(OC)cc1CCl. The van der Waals surface area contributed by atoms with Crippen LogP contribution in [0.3, 0.4) is 0 Å². The molecule has 0 amide bonds. The third kappa shape index (κ3) is 3.60. The van der Waals surface area contributed by atoms with Crippen molar-refractivity contribution < 1.29 is 9.47 Å². The first-order valence-corrected chi connectivity index (χ1v) is 6.10. The summed E-state index contributed by atoms with van der Waals surface area (Å²) in [5.41, 5.74) is 0.976. The van der Waals surface area contributed by atoms with Crippen LogP contribution in [0.15, 0.2) is 18.2 Å². The van der Waals surface area contributed by atoms with Gasteiger partial charge >= 0.3 is 0 Å². The summed E-state index contributed by atoms with van der Waals surface area (Å²) in [5, 5.41) is 0. The monoisotopic (exact) mass is 242 g/mol. The van der Waals surface area contributed by atoms with E-state index in [0.29, 0.717) is 11.8 Å². The van der Waals surface area contributed by atoms with Gasteiger partial charge in [0.25, 0.3) is 0 Å². The van der Waals surface area contributed by atoms with E-state index in [1.807, 2.05) is 18.2 Å². The molecule has 1 aromatic carbocycles. The molecule has 1 aromatic rings. The lowest BCUT2D eigenvalue weighted by molar-refractivity contribution is 0.254. The van der Waals surface area contributed by atoms with Crippen LogP contribution in [0.25, 0.3) is 0 Å². The van der Waals surface area contributed by atoms with Crippen molar-refractivity contribution in [1.82, 2.24) is 0 Å². The van der Waals surface area contributed by atoms with Gasteiger partial charge in [0, 0.05) is 5.56 Å². The van der Waals surface area contributed by atoms with Gasteiger partial charge in [0.05, 0.1) is 19.6 Å². The molecular weight excluding hydrogens is 224 g/mol. The fourth-order valence-corrected chi connectivity index (χ4v) is 1.49. The van der Waals surface area contributed by atoms with Gasteiger partial charge < -0.3 is 9.47 Å². The van der Waals surface area contributed by atoms with Gasteiger partial charge in [0.2, 0.25) is 0 Å². The van der Waals surface area contributed by atoms with Crippen molar-refractivity contribution in [2.24, 2.45) is 5.92 Å². The molecular formula is C13H19ClO2. The van der Waals surface area contributed by atoms with Gasteiger partial charge in [-0.15, -0.1) is 11.6 Å². The second kappa shape index (κ2) is 6.64. The van der Waals surface area contributed by atoms with Crippen molar-refractivity contribution in [2.45, 2.75) is 26.1 Å². The average Bonchev–Trinajstić information content (AvgIpc) is 2.35. The quantitative estimate of drug-likeness (QED) is 0.706. The molecule has 0 aromatic heterocycles. The summed E-state index contributed by atoms with van der Waals surface area (Å²) in [5.74, 6) is 2.67. The summed E-state index contributed by atoms with van der Waals surface area (Å²) in [6.07, 6.45) is 1.12. The van der Waals surface area contributed by atoms with Crippen LogP contribution >= 0.6 is 11.6 Å². The predicted molar refractivity (Wildman–Crippen MR) is 67.5 cm³/mol. The molecule has 2 nitrogen and oxygen atoms in total. The molecule has 0 aliphatic carbocycles. The van der Waals surface area contributed by atoms with E-state index in [1.165, 1.54) is 0 Å². The van der Waals surface area contributed by atoms with E-state index in [4.69, 9.17) is 21.1 Å². The van der Waals surface area contributed by atoms with Crippen molar-refractivity contribution >= 4 is 11.6 Å². The van der Waals surface area contributed by atoms with Crippen LogP contribution in [0.2, 0.25) is 0 Å². The number of hydrogen-bond donors (Lipinski definition) is 0. The largest absolute Gasteiger partial charge is 0.497 e. The Morgan fingerprint density at radius 3 is 2.69 bits per heavy atom. The first-order valence-electron chi connectivity index (χ1n) is 5.56. The lowest BCUT2D eigenvalue weighted by atomic mass is 10.1. The lowest BCUT2D eigenvalue weighted by Crippen LogP contribution is -2.08. The molecule has 90 valence electrons. The van der Waals surface area contributed by atoms with Crippen LogP contribution in [0.1, 0.15) is 25.8 Å². The van der Waals surface area contributed by atoms with E-state index in [1.54, 1.807) is 7.11 Å². The summed E-state index contributed by atoms with van der Waals surface area (Å²) >= 11 is 5.87. The summed E-state index contributed by atoms with van der Waals surface area (Å²) in [6.45, 7) is 5.06. The van der Waals surface area contributed by atoms with E-state index >= 15 is 0 Å². The molecule has 0 heterocycles. The Labute approximate surface area is 103 Å². The minimum absolute atomic E-state index is 0.438. The van der Waals surface area contributed by atoms with Gasteiger partial charge in [-0.05, 0) is 24.1 Å². The maximum atomic E-state index is 5.87. The van der Waals surface area contributed by atoms with Crippen LogP contribution in [0.5, 0.6) is 11.5 Å². The maximum absolute atomic E-state index is 5.87. The van der Waals surface area contributed by atoms with E-state index in [9.17, 15) is 0 Å². The number of methoxy groups -OCH3 is 1. The molecule has 0 N–H and O–H groups in total. The van der Waals surface area contributed by atoms with Gasteiger partial charge in [-0.1, -0.05) is 20.3 Å². The molecule has 3 heteroatoms. The molecule has 0 bridgehead atoms. The molecule has 1 unspecified atom stereocenters. The number of hydrogen-bond acceptors (Lipinski definition) is 2. The zero-order valence-corrected chi connectivity index (χ0v) is 10.9. The number of benzene rings is 1. The molecule has 0 aliphatic heterocycles. The van der Waals surface area contributed by atoms with Gasteiger partial charge in [0.15, 0.2) is 0 Å². The van der Waals surface area contributed by atoms with Gasteiger partial charge in [-0.3, -0.25) is 0 Å². The third-order valence-electron chi connectivity index (χ3n) is 2.63. The Bertz CT molecular complexity index is 326. The van der Waals surface area contributed by atoms with Crippen molar-refractivity contribution in [3.05, 3.63) is 23.8 Å². The van der Waals surface area contributed by atoms with Crippen molar-refractivity contribution in [3.63, 3.8) is 0 Å². The molecule has 0 saturated carbocycles. The zero-order chi connectivity index (χ0) is 12.0. The minimum atomic E-state index is 0.438. The third-order valence-corrected chi connectivity index (χ3v) is 2.92. The number of halogens is 1. The van der Waals surface area contributed by atoms with Crippen molar-refractivity contribution in [2.75, 3.05) is 13.7 Å². The summed E-state index contributed by atoms with van der Waals surface area (Å²) < 4.78 is 10.9. The summed E-state index contributed by atoms with van der Waals surface area (Å²) in [6, 6.07) is 5.72. The first kappa shape index (κ1) is 13.2. The Morgan fingerprint density at radius 2 is 2.12 bits per heavy atom. The topological polar surface area (TPSA) is 18.5 Å². The Balaban J connectivity index is 2.71. The molecule has 0 radical (unpaired) electrons. The predicted octanol–water partition coefficient (Wildman–Crippen LogP) is 3.86. The maximum Gasteiger partial charge on any atom is 0.123 e. The molecule has 0 saturated heterocycles. The second-order valence-corrected chi connectivity index (χ2v) is 4.20. The average molecular weight is 243 g/mol. The number of rotatable bonds is 6. The molecule has 1 atom stereocenters. The van der Waals surface area contributed by atoms with Crippen LogP contribution in [-0.4, -0.2) is 13.7 Å². The highest BCUT2D eigenvalue weighted by Crippen LogP contribution is 2.26. The fourth-order valence-electron chi connectivity index (χ4n) is 1.28. The minimum Gasteiger partial charge on any atom is -0.497 e. The Kier molecular flexibility index (Phi) is 5.47. The first-order chi connectivity index (χ1) is 7.71. The van der Waals surface area contributed by atoms with E-state index in [0.717, 1.165) is 30.1 Å². The van der Waals surface area contributed by atoms with Crippen molar-refractivity contribution in [3.8, 4) is 11.5 Å². The Morgan fingerprint density at radius 1 is 1.38 bits per heavy atom. The molecule has 1 rings (SSSR count). The molecule has 0 aliphatic rings. The normalized spacial score (nSPS) is 12.2. The second-order valence-electron chi connectivity index (χ2n) is 3.93. The van der Waals surface area contributed by atoms with Crippen LogP contribution in [0.4, 0.5) is 0 Å². The van der Waals surface area contributed by atoms with Crippen LogP contribution in [-0.2, 0) is 5.88 Å². The summed E-state index contributed by atoms with van der Waals surface area (Å²) in [7, 11) is 1.65. The highest BCUT2D eigenvalue weighted by Gasteiger charge is 2.06. The fraction of sp³-hybridized carbons (Fsp3) is 0.538. The summed E-state index contributed by atoms with van der Waals surface area (Å²) in [4.78, 5) is 0. The van der Waals surface area contributed by atoms with Gasteiger partial charge in [-0.2, -0.15) is 0 Å². The lowest BCUT2D eigenvalue weighted by Gasteiger charge is -2.14. The number of ether oxygens (including phenoxy) is 2. The highest BCUT2D eigenvalue weighted by atomic mass is 35.5. The van der Waals surface area contributed by atoms with E-state index in [2.05, 4.69) is 13.8 Å². The van der Waals surface area contributed by atoms with Crippen molar-refractivity contribution in [1.29, 1.82) is 0 Å².